The minimum absolute atomic E-state index is 0.0271. The number of sulfonamides is 1. The number of hydrogen-bond donors (Lipinski definition) is 1. The summed E-state index contributed by atoms with van der Waals surface area (Å²) in [6, 6.07) is 5.45. The van der Waals surface area contributed by atoms with Crippen LogP contribution in [-0.4, -0.2) is 13.4 Å². The number of benzene rings is 2. The molecule has 0 saturated heterocycles. The number of oxazole rings is 1. The Labute approximate surface area is 143 Å². The Hall–Kier alpha value is -2.95. The second-order valence-electron chi connectivity index (χ2n) is 4.89. The summed E-state index contributed by atoms with van der Waals surface area (Å²) in [7, 11) is -5.17. The Morgan fingerprint density at radius 3 is 2.04 bits per heavy atom. The van der Waals surface area contributed by atoms with Crippen molar-refractivity contribution < 1.29 is 34.8 Å². The molecule has 5 nitrogen and oxygen atoms in total. The molecule has 0 aliphatic rings. The molecule has 0 spiro atoms. The smallest absolute Gasteiger partial charge is 0.268 e. The van der Waals surface area contributed by atoms with Crippen LogP contribution in [0.1, 0.15) is 0 Å². The predicted octanol–water partition coefficient (Wildman–Crippen LogP) is 3.84. The summed E-state index contributed by atoms with van der Waals surface area (Å²) in [6.45, 7) is 0. The molecule has 0 fully saturated rings. The van der Waals surface area contributed by atoms with Crippen molar-refractivity contribution in [3.8, 4) is 11.5 Å². The molecule has 136 valence electrons. The minimum Gasteiger partial charge on any atom is -0.444 e. The zero-order valence-electron chi connectivity index (χ0n) is 12.4. The molecule has 0 atom stereocenters. The van der Waals surface area contributed by atoms with Crippen LogP contribution in [0.5, 0.6) is 0 Å². The number of halogens is 5. The Balaban J connectivity index is 2.14. The first-order chi connectivity index (χ1) is 12.2. The standard InChI is InChI=1S/C15H7F5N2O3S/c16-9-10(17)12(19)14(13(20)11(9)18)26(23,24)22-8-4-2-1-3-7(8)15-21-5-6-25-15/h1-6,22H. The van der Waals surface area contributed by atoms with Crippen molar-refractivity contribution in [3.63, 3.8) is 0 Å². The lowest BCUT2D eigenvalue weighted by molar-refractivity contribution is 0.358. The molecule has 1 N–H and O–H groups in total. The summed E-state index contributed by atoms with van der Waals surface area (Å²) in [5.41, 5.74) is -0.149. The number of nitrogens with zero attached hydrogens (tertiary/aromatic N) is 1. The molecule has 1 aromatic heterocycles. The fourth-order valence-electron chi connectivity index (χ4n) is 2.13. The lowest BCUT2D eigenvalue weighted by Crippen LogP contribution is -2.20. The average molecular weight is 390 g/mol. The number of rotatable bonds is 4. The van der Waals surface area contributed by atoms with Gasteiger partial charge in [0, 0.05) is 0 Å². The van der Waals surface area contributed by atoms with Crippen LogP contribution in [0.2, 0.25) is 0 Å². The van der Waals surface area contributed by atoms with Crippen LogP contribution in [-0.2, 0) is 10.0 Å². The van der Waals surface area contributed by atoms with Crippen LogP contribution in [0.3, 0.4) is 0 Å². The fourth-order valence-corrected chi connectivity index (χ4v) is 3.35. The van der Waals surface area contributed by atoms with E-state index in [1.807, 2.05) is 0 Å². The van der Waals surface area contributed by atoms with E-state index in [1.54, 1.807) is 4.72 Å². The summed E-state index contributed by atoms with van der Waals surface area (Å²) < 4.78 is 98.7. The van der Waals surface area contributed by atoms with E-state index in [0.29, 0.717) is 0 Å². The van der Waals surface area contributed by atoms with Gasteiger partial charge in [-0.2, -0.15) is 0 Å². The van der Waals surface area contributed by atoms with E-state index in [0.717, 1.165) is 0 Å². The number of anilines is 1. The molecule has 3 aromatic rings. The highest BCUT2D eigenvalue weighted by Crippen LogP contribution is 2.31. The van der Waals surface area contributed by atoms with Gasteiger partial charge >= 0.3 is 0 Å². The second kappa shape index (κ2) is 6.41. The van der Waals surface area contributed by atoms with Gasteiger partial charge in [0.15, 0.2) is 28.2 Å². The summed E-state index contributed by atoms with van der Waals surface area (Å²) in [6.07, 6.45) is 2.47. The Kier molecular flexibility index (Phi) is 4.40. The molecule has 0 amide bonds. The SMILES string of the molecule is O=S(=O)(Nc1ccccc1-c1ncco1)c1c(F)c(F)c(F)c(F)c1F. The molecule has 1 heterocycles. The van der Waals surface area contributed by atoms with Crippen molar-refractivity contribution >= 4 is 15.7 Å². The van der Waals surface area contributed by atoms with Gasteiger partial charge in [0.2, 0.25) is 11.7 Å². The summed E-state index contributed by atoms with van der Waals surface area (Å²) in [4.78, 5) is 1.82. The van der Waals surface area contributed by atoms with Gasteiger partial charge in [-0.1, -0.05) is 12.1 Å². The van der Waals surface area contributed by atoms with E-state index in [4.69, 9.17) is 4.42 Å². The molecule has 0 aliphatic carbocycles. The monoisotopic (exact) mass is 390 g/mol. The summed E-state index contributed by atoms with van der Waals surface area (Å²) in [5, 5.41) is 0. The zero-order chi connectivity index (χ0) is 19.1. The van der Waals surface area contributed by atoms with E-state index in [1.165, 1.54) is 36.7 Å². The summed E-state index contributed by atoms with van der Waals surface area (Å²) in [5.74, 6) is -12.2. The van der Waals surface area contributed by atoms with Gasteiger partial charge in [-0.3, -0.25) is 4.72 Å². The van der Waals surface area contributed by atoms with E-state index in [-0.39, 0.29) is 17.1 Å². The first-order valence-electron chi connectivity index (χ1n) is 6.77. The first-order valence-corrected chi connectivity index (χ1v) is 8.25. The third kappa shape index (κ3) is 2.90. The Morgan fingerprint density at radius 2 is 1.46 bits per heavy atom. The number of hydrogen-bond acceptors (Lipinski definition) is 4. The van der Waals surface area contributed by atoms with E-state index < -0.39 is 44.0 Å². The van der Waals surface area contributed by atoms with E-state index >= 15 is 0 Å². The second-order valence-corrected chi connectivity index (χ2v) is 6.51. The summed E-state index contributed by atoms with van der Waals surface area (Å²) >= 11 is 0. The number of nitrogens with one attached hydrogen (secondary N) is 1. The molecule has 0 radical (unpaired) electrons. The minimum atomic E-state index is -5.17. The van der Waals surface area contributed by atoms with Gasteiger partial charge in [-0.15, -0.1) is 0 Å². The molecule has 0 unspecified atom stereocenters. The number of para-hydroxylation sites is 1. The van der Waals surface area contributed by atoms with Crippen molar-refractivity contribution in [2.75, 3.05) is 4.72 Å². The molecular weight excluding hydrogens is 383 g/mol. The van der Waals surface area contributed by atoms with Crippen molar-refractivity contribution in [3.05, 3.63) is 65.8 Å². The van der Waals surface area contributed by atoms with Crippen LogP contribution < -0.4 is 4.72 Å². The molecule has 11 heteroatoms. The fraction of sp³-hybridized carbons (Fsp3) is 0. The first kappa shape index (κ1) is 17.9. The third-order valence-electron chi connectivity index (χ3n) is 3.27. The van der Waals surface area contributed by atoms with Gasteiger partial charge in [0.1, 0.15) is 6.26 Å². The molecular formula is C15H7F5N2O3S. The topological polar surface area (TPSA) is 72.2 Å². The maximum absolute atomic E-state index is 13.8. The maximum Gasteiger partial charge on any atom is 0.268 e. The predicted molar refractivity (Wildman–Crippen MR) is 79.0 cm³/mol. The van der Waals surface area contributed by atoms with Crippen LogP contribution in [0, 0.1) is 29.1 Å². The highest BCUT2D eigenvalue weighted by molar-refractivity contribution is 7.92. The normalized spacial score (nSPS) is 11.6. The highest BCUT2D eigenvalue weighted by Gasteiger charge is 2.34. The van der Waals surface area contributed by atoms with Crippen LogP contribution in [0.15, 0.2) is 46.0 Å². The Bertz CT molecular complexity index is 1060. The van der Waals surface area contributed by atoms with Gasteiger partial charge in [-0.05, 0) is 12.1 Å². The molecule has 0 bridgehead atoms. The van der Waals surface area contributed by atoms with Crippen molar-refractivity contribution in [2.24, 2.45) is 0 Å². The average Bonchev–Trinajstić information content (AvgIpc) is 3.12. The van der Waals surface area contributed by atoms with E-state index in [9.17, 15) is 30.4 Å². The molecule has 2 aromatic carbocycles. The molecule has 3 rings (SSSR count). The number of aromatic nitrogens is 1. The lowest BCUT2D eigenvalue weighted by Gasteiger charge is -2.13. The van der Waals surface area contributed by atoms with E-state index in [2.05, 4.69) is 4.98 Å². The highest BCUT2D eigenvalue weighted by atomic mass is 32.2. The van der Waals surface area contributed by atoms with Crippen molar-refractivity contribution in [1.82, 2.24) is 4.98 Å². The van der Waals surface area contributed by atoms with Crippen LogP contribution >= 0.6 is 0 Å². The molecule has 0 aliphatic heterocycles. The van der Waals surface area contributed by atoms with Crippen LogP contribution in [0.25, 0.3) is 11.5 Å². The van der Waals surface area contributed by atoms with Gasteiger partial charge in [0.05, 0.1) is 17.4 Å². The largest absolute Gasteiger partial charge is 0.444 e. The lowest BCUT2D eigenvalue weighted by atomic mass is 10.2. The third-order valence-corrected chi connectivity index (χ3v) is 4.66. The molecule has 26 heavy (non-hydrogen) atoms. The zero-order valence-corrected chi connectivity index (χ0v) is 13.3. The van der Waals surface area contributed by atoms with Gasteiger partial charge in [0.25, 0.3) is 10.0 Å². The van der Waals surface area contributed by atoms with Crippen molar-refractivity contribution in [2.45, 2.75) is 4.90 Å². The quantitative estimate of drug-likeness (QED) is 0.418. The van der Waals surface area contributed by atoms with Gasteiger partial charge in [-0.25, -0.2) is 35.4 Å². The Morgan fingerprint density at radius 1 is 0.885 bits per heavy atom. The maximum atomic E-state index is 13.8. The van der Waals surface area contributed by atoms with Gasteiger partial charge < -0.3 is 4.42 Å². The van der Waals surface area contributed by atoms with Crippen molar-refractivity contribution in [1.29, 1.82) is 0 Å². The van der Waals surface area contributed by atoms with Crippen LogP contribution in [0.4, 0.5) is 27.6 Å². The molecule has 0 saturated carbocycles.